The van der Waals surface area contributed by atoms with Crippen LogP contribution in [-0.4, -0.2) is 15.8 Å². The summed E-state index contributed by atoms with van der Waals surface area (Å²) in [6, 6.07) is 11.2. The van der Waals surface area contributed by atoms with E-state index in [0.29, 0.717) is 11.4 Å². The number of benzene rings is 2. The Labute approximate surface area is 136 Å². The van der Waals surface area contributed by atoms with Crippen molar-refractivity contribution < 1.29 is 9.85 Å². The van der Waals surface area contributed by atoms with Gasteiger partial charge in [-0.15, -0.1) is 12.4 Å². The molecule has 0 atom stereocenters. The van der Waals surface area contributed by atoms with Crippen LogP contribution >= 0.6 is 12.4 Å². The summed E-state index contributed by atoms with van der Waals surface area (Å²) in [5.41, 5.74) is 6.61. The summed E-state index contributed by atoms with van der Waals surface area (Å²) in [4.78, 5) is 24.1. The smallest absolute Gasteiger partial charge is 0.269 e. The molecule has 0 unspecified atom stereocenters. The zero-order valence-corrected chi connectivity index (χ0v) is 12.4. The second-order valence-corrected chi connectivity index (χ2v) is 4.20. The number of nitro benzene ring substituents is 2. The second-order valence-electron chi connectivity index (χ2n) is 4.20. The number of nitrogens with one attached hydrogen (secondary N) is 1. The van der Waals surface area contributed by atoms with E-state index in [2.05, 4.69) is 10.3 Å². The lowest BCUT2D eigenvalue weighted by Gasteiger charge is -2.05. The highest BCUT2D eigenvalue weighted by molar-refractivity contribution is 5.94. The van der Waals surface area contributed by atoms with Crippen LogP contribution < -0.4 is 11.1 Å². The average Bonchev–Trinajstić information content (AvgIpc) is 2.48. The van der Waals surface area contributed by atoms with Gasteiger partial charge in [0, 0.05) is 30.0 Å². The van der Waals surface area contributed by atoms with E-state index in [4.69, 9.17) is 5.73 Å². The van der Waals surface area contributed by atoms with Crippen LogP contribution in [0.4, 0.5) is 22.7 Å². The number of nitro groups is 2. The molecule has 0 aromatic heterocycles. The number of hydrogen-bond acceptors (Lipinski definition) is 5. The molecule has 0 aliphatic heterocycles. The van der Waals surface area contributed by atoms with Gasteiger partial charge in [0.1, 0.15) is 0 Å². The molecule has 2 aromatic rings. The van der Waals surface area contributed by atoms with E-state index in [1.807, 2.05) is 0 Å². The zero-order chi connectivity index (χ0) is 16.1. The lowest BCUT2D eigenvalue weighted by atomic mass is 10.3. The van der Waals surface area contributed by atoms with Gasteiger partial charge in [-0.05, 0) is 24.3 Å². The first kappa shape index (κ1) is 17.9. The van der Waals surface area contributed by atoms with Crippen molar-refractivity contribution in [1.29, 1.82) is 0 Å². The van der Waals surface area contributed by atoms with E-state index in [9.17, 15) is 20.2 Å². The SMILES string of the molecule is Cl.NC(=Nc1ccc([N+](=O)[O-])cc1)Nc1ccc([N+](=O)[O-])cc1. The van der Waals surface area contributed by atoms with Crippen LogP contribution in [0.15, 0.2) is 53.5 Å². The number of nitrogens with zero attached hydrogens (tertiary/aromatic N) is 3. The molecule has 0 aliphatic rings. The quantitative estimate of drug-likeness (QED) is 0.381. The topological polar surface area (TPSA) is 137 Å². The molecule has 0 aliphatic carbocycles. The highest BCUT2D eigenvalue weighted by atomic mass is 35.5. The number of aliphatic imine (C=N–C) groups is 1. The van der Waals surface area contributed by atoms with Gasteiger partial charge in [-0.25, -0.2) is 4.99 Å². The predicted molar refractivity (Wildman–Crippen MR) is 88.3 cm³/mol. The van der Waals surface area contributed by atoms with Gasteiger partial charge in [-0.2, -0.15) is 0 Å². The molecule has 2 rings (SSSR count). The zero-order valence-electron chi connectivity index (χ0n) is 11.6. The van der Waals surface area contributed by atoms with Crippen LogP contribution in [0.5, 0.6) is 0 Å². The molecule has 0 spiro atoms. The molecular formula is C13H12ClN5O4. The van der Waals surface area contributed by atoms with E-state index in [1.54, 1.807) is 0 Å². The Morgan fingerprint density at radius 3 is 1.78 bits per heavy atom. The summed E-state index contributed by atoms with van der Waals surface area (Å²) in [5.74, 6) is 0.0581. The van der Waals surface area contributed by atoms with Crippen molar-refractivity contribution in [3.8, 4) is 0 Å². The van der Waals surface area contributed by atoms with Crippen LogP contribution in [-0.2, 0) is 0 Å². The van der Waals surface area contributed by atoms with E-state index in [0.717, 1.165) is 0 Å². The summed E-state index contributed by atoms with van der Waals surface area (Å²) in [7, 11) is 0. The van der Waals surface area contributed by atoms with Crippen molar-refractivity contribution in [1.82, 2.24) is 0 Å². The third-order valence-electron chi connectivity index (χ3n) is 2.66. The van der Waals surface area contributed by atoms with Crippen molar-refractivity contribution in [3.05, 3.63) is 68.8 Å². The molecule has 0 saturated carbocycles. The number of rotatable bonds is 4. The van der Waals surface area contributed by atoms with Gasteiger partial charge in [0.25, 0.3) is 11.4 Å². The Balaban J connectivity index is 0.00000264. The predicted octanol–water partition coefficient (Wildman–Crippen LogP) is 2.98. The molecule has 2 aromatic carbocycles. The van der Waals surface area contributed by atoms with Gasteiger partial charge >= 0.3 is 0 Å². The van der Waals surface area contributed by atoms with Gasteiger partial charge < -0.3 is 11.1 Å². The van der Waals surface area contributed by atoms with Crippen molar-refractivity contribution in [2.24, 2.45) is 10.7 Å². The Morgan fingerprint density at radius 2 is 1.35 bits per heavy atom. The van der Waals surface area contributed by atoms with Crippen LogP contribution in [0.3, 0.4) is 0 Å². The molecule has 3 N–H and O–H groups in total. The summed E-state index contributed by atoms with van der Waals surface area (Å²) in [6.07, 6.45) is 0. The standard InChI is InChI=1S/C13H11N5O4.ClH/c14-13(15-9-1-5-11(6-2-9)17(19)20)16-10-3-7-12(8-4-10)18(21)22;/h1-8H,(H3,14,15,16);1H. The highest BCUT2D eigenvalue weighted by Gasteiger charge is 2.05. The van der Waals surface area contributed by atoms with Gasteiger partial charge in [0.15, 0.2) is 5.96 Å². The molecule has 0 bridgehead atoms. The first-order valence-corrected chi connectivity index (χ1v) is 6.06. The maximum atomic E-state index is 10.5. The number of non-ortho nitro benzene ring substituents is 2. The molecule has 120 valence electrons. The van der Waals surface area contributed by atoms with E-state index in [1.165, 1.54) is 48.5 Å². The van der Waals surface area contributed by atoms with Crippen LogP contribution in [0, 0.1) is 20.2 Å². The minimum atomic E-state index is -0.508. The second kappa shape index (κ2) is 7.71. The van der Waals surface area contributed by atoms with Crippen molar-refractivity contribution >= 4 is 41.1 Å². The molecule has 0 fully saturated rings. The van der Waals surface area contributed by atoms with Crippen molar-refractivity contribution in [2.45, 2.75) is 0 Å². The number of guanidine groups is 1. The normalized spacial score (nSPS) is 10.5. The Hall–Kier alpha value is -3.20. The van der Waals surface area contributed by atoms with Crippen LogP contribution in [0.2, 0.25) is 0 Å². The average molecular weight is 338 g/mol. The largest absolute Gasteiger partial charge is 0.369 e. The Bertz CT molecular complexity index is 731. The fraction of sp³-hybridized carbons (Fsp3) is 0. The minimum absolute atomic E-state index is 0. The molecule has 0 amide bonds. The fourth-order valence-electron chi connectivity index (χ4n) is 1.63. The maximum absolute atomic E-state index is 10.5. The number of halogens is 1. The summed E-state index contributed by atoms with van der Waals surface area (Å²) < 4.78 is 0. The maximum Gasteiger partial charge on any atom is 0.269 e. The Kier molecular flexibility index (Phi) is 5.98. The lowest BCUT2D eigenvalue weighted by Crippen LogP contribution is -2.21. The summed E-state index contributed by atoms with van der Waals surface area (Å²) in [6.45, 7) is 0. The number of nitrogens with two attached hydrogens (primary N) is 1. The Morgan fingerprint density at radius 1 is 0.913 bits per heavy atom. The van der Waals surface area contributed by atoms with Gasteiger partial charge in [-0.3, -0.25) is 20.2 Å². The summed E-state index contributed by atoms with van der Waals surface area (Å²) >= 11 is 0. The lowest BCUT2D eigenvalue weighted by molar-refractivity contribution is -0.385. The number of hydrogen-bond donors (Lipinski definition) is 2. The molecule has 23 heavy (non-hydrogen) atoms. The first-order chi connectivity index (χ1) is 10.5. The van der Waals surface area contributed by atoms with E-state index < -0.39 is 9.85 Å². The highest BCUT2D eigenvalue weighted by Crippen LogP contribution is 2.19. The molecule has 0 radical (unpaired) electrons. The molecule has 10 heteroatoms. The van der Waals surface area contributed by atoms with Crippen molar-refractivity contribution in [3.63, 3.8) is 0 Å². The molecule has 9 nitrogen and oxygen atoms in total. The van der Waals surface area contributed by atoms with E-state index in [-0.39, 0.29) is 29.7 Å². The van der Waals surface area contributed by atoms with E-state index >= 15 is 0 Å². The molecular weight excluding hydrogens is 326 g/mol. The third-order valence-corrected chi connectivity index (χ3v) is 2.66. The fourth-order valence-corrected chi connectivity index (χ4v) is 1.63. The monoisotopic (exact) mass is 337 g/mol. The first-order valence-electron chi connectivity index (χ1n) is 6.06. The molecule has 0 heterocycles. The minimum Gasteiger partial charge on any atom is -0.369 e. The van der Waals surface area contributed by atoms with Crippen LogP contribution in [0.1, 0.15) is 0 Å². The van der Waals surface area contributed by atoms with Gasteiger partial charge in [0.05, 0.1) is 15.5 Å². The van der Waals surface area contributed by atoms with Gasteiger partial charge in [-0.1, -0.05) is 0 Å². The summed E-state index contributed by atoms with van der Waals surface area (Å²) in [5, 5.41) is 23.8. The number of anilines is 1. The van der Waals surface area contributed by atoms with Crippen molar-refractivity contribution in [2.75, 3.05) is 5.32 Å². The van der Waals surface area contributed by atoms with Gasteiger partial charge in [0.2, 0.25) is 0 Å². The third kappa shape index (κ3) is 4.93. The van der Waals surface area contributed by atoms with Crippen LogP contribution in [0.25, 0.3) is 0 Å². The molecule has 0 saturated heterocycles.